The topological polar surface area (TPSA) is 81.4 Å². The molecule has 3 aromatic carbocycles. The third-order valence-corrected chi connectivity index (χ3v) is 4.59. The Morgan fingerprint density at radius 2 is 1.62 bits per heavy atom. The van der Waals surface area contributed by atoms with Crippen molar-refractivity contribution in [2.45, 2.75) is 19.1 Å². The van der Waals surface area contributed by atoms with Gasteiger partial charge in [0.1, 0.15) is 18.4 Å². The van der Waals surface area contributed by atoms with Gasteiger partial charge in [0, 0.05) is 17.0 Å². The van der Waals surface area contributed by atoms with Crippen LogP contribution in [-0.4, -0.2) is 17.9 Å². The van der Waals surface area contributed by atoms with Crippen molar-refractivity contribution >= 4 is 23.4 Å². The molecule has 0 aromatic heterocycles. The van der Waals surface area contributed by atoms with Crippen LogP contribution in [0.15, 0.2) is 78.9 Å². The average molecular weight is 409 g/mol. The summed E-state index contributed by atoms with van der Waals surface area (Å²) in [6.45, 7) is 0.441. The maximum atomic E-state index is 12.4. The zero-order chi connectivity index (χ0) is 20.6. The number of hydrogen-bond acceptors (Lipinski definition) is 3. The zero-order valence-electron chi connectivity index (χ0n) is 15.7. The van der Waals surface area contributed by atoms with Crippen molar-refractivity contribution in [2.75, 3.05) is 0 Å². The normalized spacial score (nSPS) is 11.5. The van der Waals surface area contributed by atoms with Crippen LogP contribution in [0.5, 0.6) is 5.75 Å². The van der Waals surface area contributed by atoms with Gasteiger partial charge in [-0.25, -0.2) is 0 Å². The number of carbonyl (C=O) groups excluding carboxylic acids is 2. The molecule has 0 unspecified atom stereocenters. The fraction of sp³-hybridized carbons (Fsp3) is 0.130. The first kappa shape index (κ1) is 20.4. The maximum absolute atomic E-state index is 12.4. The highest BCUT2D eigenvalue weighted by molar-refractivity contribution is 6.30. The summed E-state index contributed by atoms with van der Waals surface area (Å²) in [5, 5.41) is 3.21. The van der Waals surface area contributed by atoms with E-state index in [0.29, 0.717) is 22.9 Å². The molecule has 6 heteroatoms. The first-order valence-corrected chi connectivity index (χ1v) is 9.50. The van der Waals surface area contributed by atoms with Crippen molar-refractivity contribution in [3.63, 3.8) is 0 Å². The minimum absolute atomic E-state index is 0.261. The number of rotatable bonds is 8. The van der Waals surface area contributed by atoms with Crippen molar-refractivity contribution in [1.82, 2.24) is 5.32 Å². The molecule has 0 saturated carbocycles. The predicted molar refractivity (Wildman–Crippen MR) is 113 cm³/mol. The molecular weight excluding hydrogens is 388 g/mol. The Morgan fingerprint density at radius 3 is 2.31 bits per heavy atom. The second-order valence-electron chi connectivity index (χ2n) is 6.56. The van der Waals surface area contributed by atoms with Gasteiger partial charge in [0.25, 0.3) is 5.91 Å². The third kappa shape index (κ3) is 6.09. The second kappa shape index (κ2) is 9.75. The molecule has 0 radical (unpaired) electrons. The van der Waals surface area contributed by atoms with E-state index in [1.807, 2.05) is 54.6 Å². The molecule has 0 spiro atoms. The van der Waals surface area contributed by atoms with Crippen molar-refractivity contribution in [3.05, 3.63) is 101 Å². The number of amides is 2. The molecule has 0 aliphatic heterocycles. The summed E-state index contributed by atoms with van der Waals surface area (Å²) in [5.74, 6) is -0.316. The lowest BCUT2D eigenvalue weighted by Gasteiger charge is -2.16. The van der Waals surface area contributed by atoms with Gasteiger partial charge in [-0.2, -0.15) is 0 Å². The lowest BCUT2D eigenvalue weighted by atomic mass is 10.0. The average Bonchev–Trinajstić information content (AvgIpc) is 2.73. The van der Waals surface area contributed by atoms with Gasteiger partial charge in [-0.05, 0) is 47.5 Å². The number of ether oxygens (including phenoxy) is 1. The summed E-state index contributed by atoms with van der Waals surface area (Å²) in [4.78, 5) is 24.3. The van der Waals surface area contributed by atoms with Gasteiger partial charge >= 0.3 is 0 Å². The number of halogens is 1. The quantitative estimate of drug-likeness (QED) is 0.595. The summed E-state index contributed by atoms with van der Waals surface area (Å²) in [7, 11) is 0. The smallest absolute Gasteiger partial charge is 0.251 e. The number of nitrogens with one attached hydrogen (secondary N) is 1. The fourth-order valence-electron chi connectivity index (χ4n) is 2.80. The number of nitrogens with two attached hydrogens (primary N) is 1. The van der Waals surface area contributed by atoms with Crippen LogP contribution in [0.2, 0.25) is 5.02 Å². The first-order valence-electron chi connectivity index (χ1n) is 9.12. The Labute approximate surface area is 174 Å². The molecule has 3 rings (SSSR count). The fourth-order valence-corrected chi connectivity index (χ4v) is 2.93. The van der Waals surface area contributed by atoms with Crippen LogP contribution in [0.3, 0.4) is 0 Å². The number of carbonyl (C=O) groups is 2. The van der Waals surface area contributed by atoms with E-state index in [1.54, 1.807) is 24.3 Å². The summed E-state index contributed by atoms with van der Waals surface area (Å²) in [6.07, 6.45) is 0.261. The molecule has 3 N–H and O–H groups in total. The van der Waals surface area contributed by atoms with Gasteiger partial charge in [0.05, 0.1) is 0 Å². The van der Waals surface area contributed by atoms with Crippen LogP contribution in [0.1, 0.15) is 21.5 Å². The SMILES string of the molecule is NC(=O)[C@H](Cc1cccc(OCc2ccccc2)c1)NC(=O)c1ccc(Cl)cc1. The van der Waals surface area contributed by atoms with Crippen molar-refractivity contribution in [1.29, 1.82) is 0 Å². The summed E-state index contributed by atoms with van der Waals surface area (Å²) in [6, 6.07) is 22.8. The van der Waals surface area contributed by atoms with Crippen molar-refractivity contribution in [3.8, 4) is 5.75 Å². The minimum Gasteiger partial charge on any atom is -0.489 e. The van der Waals surface area contributed by atoms with E-state index in [9.17, 15) is 9.59 Å². The Bertz CT molecular complexity index is 975. The van der Waals surface area contributed by atoms with Gasteiger partial charge in [-0.3, -0.25) is 9.59 Å². The van der Waals surface area contributed by atoms with Crippen molar-refractivity contribution in [2.24, 2.45) is 5.73 Å². The molecule has 0 aliphatic rings. The van der Waals surface area contributed by atoms with Gasteiger partial charge < -0.3 is 15.8 Å². The van der Waals surface area contributed by atoms with Crippen LogP contribution in [0, 0.1) is 0 Å². The molecule has 29 heavy (non-hydrogen) atoms. The van der Waals surface area contributed by atoms with E-state index < -0.39 is 11.9 Å². The van der Waals surface area contributed by atoms with E-state index in [4.69, 9.17) is 22.1 Å². The summed E-state index contributed by atoms with van der Waals surface area (Å²) < 4.78 is 5.82. The van der Waals surface area contributed by atoms with E-state index in [1.165, 1.54) is 0 Å². The molecule has 0 aliphatic carbocycles. The van der Waals surface area contributed by atoms with E-state index in [0.717, 1.165) is 11.1 Å². The first-order chi connectivity index (χ1) is 14.0. The molecule has 0 fully saturated rings. The molecule has 3 aromatic rings. The Hall–Kier alpha value is -3.31. The monoisotopic (exact) mass is 408 g/mol. The van der Waals surface area contributed by atoms with Crippen LogP contribution >= 0.6 is 11.6 Å². The van der Waals surface area contributed by atoms with Crippen LogP contribution < -0.4 is 15.8 Å². The lowest BCUT2D eigenvalue weighted by molar-refractivity contribution is -0.119. The molecule has 148 valence electrons. The van der Waals surface area contributed by atoms with Gasteiger partial charge in [-0.15, -0.1) is 0 Å². The molecule has 1 atom stereocenters. The van der Waals surface area contributed by atoms with E-state index in [2.05, 4.69) is 5.32 Å². The largest absolute Gasteiger partial charge is 0.489 e. The molecule has 0 bridgehead atoms. The summed E-state index contributed by atoms with van der Waals surface area (Å²) >= 11 is 5.84. The number of primary amides is 1. The van der Waals surface area contributed by atoms with E-state index in [-0.39, 0.29) is 12.3 Å². The Morgan fingerprint density at radius 1 is 0.931 bits per heavy atom. The Kier molecular flexibility index (Phi) is 6.87. The van der Waals surface area contributed by atoms with Crippen LogP contribution in [0.4, 0.5) is 0 Å². The summed E-state index contributed by atoms with van der Waals surface area (Å²) in [5.41, 5.74) is 7.79. The third-order valence-electron chi connectivity index (χ3n) is 4.34. The molecular formula is C23H21ClN2O3. The number of hydrogen-bond donors (Lipinski definition) is 2. The van der Waals surface area contributed by atoms with Gasteiger partial charge in [0.2, 0.25) is 5.91 Å². The van der Waals surface area contributed by atoms with Gasteiger partial charge in [-0.1, -0.05) is 54.1 Å². The minimum atomic E-state index is -0.845. The lowest BCUT2D eigenvalue weighted by Crippen LogP contribution is -2.45. The highest BCUT2D eigenvalue weighted by Gasteiger charge is 2.19. The molecule has 0 saturated heterocycles. The van der Waals surface area contributed by atoms with Crippen LogP contribution in [-0.2, 0) is 17.8 Å². The van der Waals surface area contributed by atoms with Crippen LogP contribution in [0.25, 0.3) is 0 Å². The highest BCUT2D eigenvalue weighted by atomic mass is 35.5. The zero-order valence-corrected chi connectivity index (χ0v) is 16.4. The molecule has 5 nitrogen and oxygen atoms in total. The predicted octanol–water partition coefficient (Wildman–Crippen LogP) is 3.75. The standard InChI is InChI=1S/C23H21ClN2O3/c24-19-11-9-18(10-12-19)23(28)26-21(22(25)27)14-17-7-4-8-20(13-17)29-15-16-5-2-1-3-6-16/h1-13,21H,14-15H2,(H2,25,27)(H,26,28)/t21-/m0/s1. The van der Waals surface area contributed by atoms with Gasteiger partial charge in [0.15, 0.2) is 0 Å². The molecule has 0 heterocycles. The Balaban J connectivity index is 1.64. The van der Waals surface area contributed by atoms with E-state index >= 15 is 0 Å². The maximum Gasteiger partial charge on any atom is 0.251 e. The number of benzene rings is 3. The molecule has 2 amide bonds. The second-order valence-corrected chi connectivity index (χ2v) is 7.00. The van der Waals surface area contributed by atoms with Crippen molar-refractivity contribution < 1.29 is 14.3 Å². The highest BCUT2D eigenvalue weighted by Crippen LogP contribution is 2.17.